The van der Waals surface area contributed by atoms with E-state index >= 15 is 0 Å². The highest BCUT2D eigenvalue weighted by Crippen LogP contribution is 2.30. The first kappa shape index (κ1) is 15.0. The van der Waals surface area contributed by atoms with Crippen molar-refractivity contribution in [3.8, 4) is 0 Å². The summed E-state index contributed by atoms with van der Waals surface area (Å²) < 4.78 is 0. The van der Waals surface area contributed by atoms with Gasteiger partial charge in [-0.1, -0.05) is 26.7 Å². The number of aliphatic hydroxyl groups is 1. The van der Waals surface area contributed by atoms with Crippen molar-refractivity contribution in [3.63, 3.8) is 0 Å². The van der Waals surface area contributed by atoms with Crippen molar-refractivity contribution in [3.05, 3.63) is 0 Å². The maximum Gasteiger partial charge on any atom is 0.307 e. The average Bonchev–Trinajstić information content (AvgIpc) is 2.36. The molecule has 0 aromatic heterocycles. The molecule has 0 bridgehead atoms. The van der Waals surface area contributed by atoms with Crippen LogP contribution in [0.15, 0.2) is 0 Å². The predicted octanol–water partition coefficient (Wildman–Crippen LogP) is 1.01. The second kappa shape index (κ2) is 6.18. The zero-order chi connectivity index (χ0) is 13.8. The van der Waals surface area contributed by atoms with E-state index < -0.39 is 17.8 Å². The van der Waals surface area contributed by atoms with Gasteiger partial charge in [-0.15, -0.1) is 0 Å². The number of amides is 1. The van der Waals surface area contributed by atoms with E-state index in [4.69, 9.17) is 10.2 Å². The monoisotopic (exact) mass is 257 g/mol. The Morgan fingerprint density at radius 1 is 1.22 bits per heavy atom. The van der Waals surface area contributed by atoms with E-state index in [1.54, 1.807) is 0 Å². The van der Waals surface area contributed by atoms with Crippen LogP contribution in [0.25, 0.3) is 0 Å². The molecule has 2 atom stereocenters. The molecule has 1 fully saturated rings. The van der Waals surface area contributed by atoms with Crippen LogP contribution in [0.4, 0.5) is 0 Å². The van der Waals surface area contributed by atoms with E-state index in [1.165, 1.54) is 0 Å². The van der Waals surface area contributed by atoms with Gasteiger partial charge in [-0.25, -0.2) is 0 Å². The molecule has 1 saturated carbocycles. The molecule has 0 unspecified atom stereocenters. The predicted molar refractivity (Wildman–Crippen MR) is 67.0 cm³/mol. The third kappa shape index (κ3) is 3.98. The van der Waals surface area contributed by atoms with Crippen LogP contribution in [0, 0.1) is 17.3 Å². The minimum atomic E-state index is -0.878. The van der Waals surface area contributed by atoms with Gasteiger partial charge < -0.3 is 15.5 Å². The fraction of sp³-hybridized carbons (Fsp3) is 0.846. The summed E-state index contributed by atoms with van der Waals surface area (Å²) in [6.07, 6.45) is 3.01. The lowest BCUT2D eigenvalue weighted by Crippen LogP contribution is -2.43. The molecule has 0 aromatic rings. The van der Waals surface area contributed by atoms with Gasteiger partial charge in [-0.3, -0.25) is 9.59 Å². The molecule has 0 saturated heterocycles. The molecule has 1 aliphatic rings. The lowest BCUT2D eigenvalue weighted by Gasteiger charge is -2.29. The molecule has 104 valence electrons. The summed E-state index contributed by atoms with van der Waals surface area (Å²) in [6, 6.07) is 0. The van der Waals surface area contributed by atoms with Crippen molar-refractivity contribution in [1.82, 2.24) is 5.32 Å². The number of hydrogen-bond acceptors (Lipinski definition) is 3. The molecular formula is C13H23NO4. The van der Waals surface area contributed by atoms with E-state index in [1.807, 2.05) is 13.8 Å². The summed E-state index contributed by atoms with van der Waals surface area (Å²) in [6.45, 7) is 4.05. The fourth-order valence-electron chi connectivity index (χ4n) is 2.25. The SMILES string of the molecule is CC(C)(CO)CNC(=O)[C@@H]1CCCC[C@@H]1C(=O)O. The van der Waals surface area contributed by atoms with Gasteiger partial charge in [0, 0.05) is 18.6 Å². The number of rotatable bonds is 5. The van der Waals surface area contributed by atoms with Crippen LogP contribution in [-0.2, 0) is 9.59 Å². The number of aliphatic hydroxyl groups excluding tert-OH is 1. The van der Waals surface area contributed by atoms with Crippen LogP contribution in [-0.4, -0.2) is 35.2 Å². The summed E-state index contributed by atoms with van der Waals surface area (Å²) >= 11 is 0. The smallest absolute Gasteiger partial charge is 0.307 e. The first-order chi connectivity index (χ1) is 8.37. The molecule has 5 heteroatoms. The van der Waals surface area contributed by atoms with Gasteiger partial charge >= 0.3 is 5.97 Å². The highest BCUT2D eigenvalue weighted by molar-refractivity contribution is 5.84. The lowest BCUT2D eigenvalue weighted by molar-refractivity contribution is -0.149. The zero-order valence-corrected chi connectivity index (χ0v) is 11.1. The van der Waals surface area contributed by atoms with Crippen LogP contribution in [0.2, 0.25) is 0 Å². The zero-order valence-electron chi connectivity index (χ0n) is 11.1. The molecule has 18 heavy (non-hydrogen) atoms. The Morgan fingerprint density at radius 2 is 1.78 bits per heavy atom. The highest BCUT2D eigenvalue weighted by Gasteiger charge is 2.36. The topological polar surface area (TPSA) is 86.6 Å². The first-order valence-electron chi connectivity index (χ1n) is 6.49. The van der Waals surface area contributed by atoms with E-state index in [0.717, 1.165) is 12.8 Å². The second-order valence-corrected chi connectivity index (χ2v) is 5.88. The molecule has 0 radical (unpaired) electrons. The largest absolute Gasteiger partial charge is 0.481 e. The van der Waals surface area contributed by atoms with Crippen LogP contribution in [0.3, 0.4) is 0 Å². The van der Waals surface area contributed by atoms with Gasteiger partial charge in [0.15, 0.2) is 0 Å². The fourth-order valence-corrected chi connectivity index (χ4v) is 2.25. The molecule has 1 rings (SSSR count). The van der Waals surface area contributed by atoms with Gasteiger partial charge in [-0.05, 0) is 12.8 Å². The van der Waals surface area contributed by atoms with E-state index in [2.05, 4.69) is 5.32 Å². The Labute approximate surface area is 108 Å². The molecule has 0 spiro atoms. The summed E-state index contributed by atoms with van der Waals surface area (Å²) in [5.74, 6) is -2.05. The third-order valence-electron chi connectivity index (χ3n) is 3.59. The Morgan fingerprint density at radius 3 is 2.28 bits per heavy atom. The number of carbonyl (C=O) groups is 2. The summed E-state index contributed by atoms with van der Waals surface area (Å²) in [5, 5.41) is 21.0. The maximum atomic E-state index is 12.0. The Balaban J connectivity index is 2.56. The number of nitrogens with one attached hydrogen (secondary N) is 1. The van der Waals surface area contributed by atoms with Crippen LogP contribution < -0.4 is 5.32 Å². The van der Waals surface area contributed by atoms with Gasteiger partial charge in [0.1, 0.15) is 0 Å². The minimum Gasteiger partial charge on any atom is -0.481 e. The number of carboxylic acid groups (broad SMARTS) is 1. The quantitative estimate of drug-likeness (QED) is 0.686. The van der Waals surface area contributed by atoms with Crippen molar-refractivity contribution >= 4 is 11.9 Å². The van der Waals surface area contributed by atoms with Crippen molar-refractivity contribution in [1.29, 1.82) is 0 Å². The molecule has 1 amide bonds. The molecular weight excluding hydrogens is 234 g/mol. The number of aliphatic carboxylic acids is 1. The normalized spacial score (nSPS) is 24.6. The van der Waals surface area contributed by atoms with E-state index in [0.29, 0.717) is 19.4 Å². The van der Waals surface area contributed by atoms with Crippen molar-refractivity contribution < 1.29 is 19.8 Å². The Hall–Kier alpha value is -1.10. The summed E-state index contributed by atoms with van der Waals surface area (Å²) in [4.78, 5) is 23.1. The summed E-state index contributed by atoms with van der Waals surface area (Å²) in [5.41, 5.74) is -0.372. The standard InChI is InChI=1S/C13H23NO4/c1-13(2,8-15)7-14-11(16)9-5-3-4-6-10(9)12(17)18/h9-10,15H,3-8H2,1-2H3,(H,14,16)(H,17,18)/t9-,10+/m1/s1. The van der Waals surface area contributed by atoms with Crippen LogP contribution in [0.5, 0.6) is 0 Å². The molecule has 0 aliphatic heterocycles. The molecule has 0 heterocycles. The van der Waals surface area contributed by atoms with Gasteiger partial charge in [0.25, 0.3) is 0 Å². The maximum absolute atomic E-state index is 12.0. The average molecular weight is 257 g/mol. The number of hydrogen-bond donors (Lipinski definition) is 3. The molecule has 5 nitrogen and oxygen atoms in total. The van der Waals surface area contributed by atoms with Gasteiger partial charge in [-0.2, -0.15) is 0 Å². The van der Waals surface area contributed by atoms with Gasteiger partial charge in [0.05, 0.1) is 11.8 Å². The van der Waals surface area contributed by atoms with Crippen molar-refractivity contribution in [2.45, 2.75) is 39.5 Å². The third-order valence-corrected chi connectivity index (χ3v) is 3.59. The van der Waals surface area contributed by atoms with Crippen LogP contribution in [0.1, 0.15) is 39.5 Å². The highest BCUT2D eigenvalue weighted by atomic mass is 16.4. The summed E-state index contributed by atoms with van der Waals surface area (Å²) in [7, 11) is 0. The second-order valence-electron chi connectivity index (χ2n) is 5.88. The first-order valence-corrected chi connectivity index (χ1v) is 6.49. The number of carboxylic acids is 1. The molecule has 3 N–H and O–H groups in total. The van der Waals surface area contributed by atoms with Crippen molar-refractivity contribution in [2.75, 3.05) is 13.2 Å². The van der Waals surface area contributed by atoms with E-state index in [9.17, 15) is 9.59 Å². The molecule has 1 aliphatic carbocycles. The van der Waals surface area contributed by atoms with Gasteiger partial charge in [0.2, 0.25) is 5.91 Å². The molecule has 0 aromatic carbocycles. The lowest BCUT2D eigenvalue weighted by atomic mass is 9.78. The van der Waals surface area contributed by atoms with Crippen LogP contribution >= 0.6 is 0 Å². The number of carbonyl (C=O) groups excluding carboxylic acids is 1. The van der Waals surface area contributed by atoms with E-state index in [-0.39, 0.29) is 17.9 Å². The Bertz CT molecular complexity index is 314. The van der Waals surface area contributed by atoms with Crippen molar-refractivity contribution in [2.24, 2.45) is 17.3 Å². The Kier molecular flexibility index (Phi) is 5.14. The minimum absolute atomic E-state index is 0.0136.